The van der Waals surface area contributed by atoms with Crippen molar-refractivity contribution in [3.63, 3.8) is 0 Å². The predicted molar refractivity (Wildman–Crippen MR) is 173 cm³/mol. The fourth-order valence-corrected chi connectivity index (χ4v) is 6.29. The van der Waals surface area contributed by atoms with Gasteiger partial charge < -0.3 is 33.3 Å². The zero-order chi connectivity index (χ0) is 32.9. The highest BCUT2D eigenvalue weighted by molar-refractivity contribution is 6.14. The average Bonchev–Trinajstić information content (AvgIpc) is 3.45. The lowest BCUT2D eigenvalue weighted by Gasteiger charge is -2.38. The molecule has 0 radical (unpaired) electrons. The number of nitrogens with zero attached hydrogens (tertiary/aromatic N) is 2. The van der Waals surface area contributed by atoms with Gasteiger partial charge in [0.2, 0.25) is 0 Å². The van der Waals surface area contributed by atoms with E-state index in [-0.39, 0.29) is 42.8 Å². The second-order valence-electron chi connectivity index (χ2n) is 11.5. The molecule has 0 saturated carbocycles. The van der Waals surface area contributed by atoms with E-state index >= 15 is 0 Å². The van der Waals surface area contributed by atoms with Crippen LogP contribution in [-0.4, -0.2) is 64.0 Å². The molecule has 0 aliphatic carbocycles. The smallest absolute Gasteiger partial charge is 0.416 e. The SMILES string of the molecule is C=CCOC(=O)N1c2cc(OCc3cccc(CC(=O)OC)c3)c(OC)cc2C(=O)N2c3ccccc3C[C@H]2C1OC1CCCCO1. The Balaban J connectivity index is 1.43. The lowest BCUT2D eigenvalue weighted by atomic mass is 10.1. The number of hydrogen-bond acceptors (Lipinski definition) is 9. The first-order valence-corrected chi connectivity index (χ1v) is 15.7. The first-order chi connectivity index (χ1) is 22.9. The molecule has 0 bridgehead atoms. The molecule has 0 aromatic heterocycles. The minimum absolute atomic E-state index is 0.0404. The number of ether oxygens (including phenoxy) is 6. The quantitative estimate of drug-likeness (QED) is 0.207. The Hall–Kier alpha value is -4.87. The summed E-state index contributed by atoms with van der Waals surface area (Å²) in [5.41, 5.74) is 3.77. The van der Waals surface area contributed by atoms with Crippen LogP contribution in [0.4, 0.5) is 16.2 Å². The van der Waals surface area contributed by atoms with E-state index in [0.717, 1.165) is 35.2 Å². The minimum atomic E-state index is -0.954. The zero-order valence-electron chi connectivity index (χ0n) is 26.5. The number of fused-ring (bicyclic) bond motifs is 4. The number of para-hydroxylation sites is 1. The Morgan fingerprint density at radius 2 is 1.83 bits per heavy atom. The molecule has 1 fully saturated rings. The fourth-order valence-electron chi connectivity index (χ4n) is 6.29. The largest absolute Gasteiger partial charge is 0.493 e. The molecule has 0 spiro atoms. The molecule has 3 aromatic carbocycles. The van der Waals surface area contributed by atoms with Gasteiger partial charge in [-0.15, -0.1) is 0 Å². The van der Waals surface area contributed by atoms with Crippen molar-refractivity contribution >= 4 is 29.3 Å². The first-order valence-electron chi connectivity index (χ1n) is 15.7. The fraction of sp³-hybridized carbons (Fsp3) is 0.361. The summed E-state index contributed by atoms with van der Waals surface area (Å²) >= 11 is 0. The summed E-state index contributed by atoms with van der Waals surface area (Å²) in [6.45, 7) is 4.31. The van der Waals surface area contributed by atoms with Crippen molar-refractivity contribution in [3.8, 4) is 11.5 Å². The Morgan fingerprint density at radius 3 is 2.60 bits per heavy atom. The highest BCUT2D eigenvalue weighted by Gasteiger charge is 2.49. The second-order valence-corrected chi connectivity index (χ2v) is 11.5. The third-order valence-corrected chi connectivity index (χ3v) is 8.50. The third-order valence-electron chi connectivity index (χ3n) is 8.50. The van der Waals surface area contributed by atoms with Gasteiger partial charge in [0.05, 0.1) is 37.9 Å². The van der Waals surface area contributed by atoms with Crippen LogP contribution in [-0.2, 0) is 43.2 Å². The van der Waals surface area contributed by atoms with Crippen LogP contribution in [0.2, 0.25) is 0 Å². The van der Waals surface area contributed by atoms with Gasteiger partial charge in [0.15, 0.2) is 24.0 Å². The summed E-state index contributed by atoms with van der Waals surface area (Å²) in [6, 6.07) is 17.7. The molecular weight excluding hydrogens is 604 g/mol. The van der Waals surface area contributed by atoms with Crippen molar-refractivity contribution in [3.05, 3.63) is 95.6 Å². The van der Waals surface area contributed by atoms with Crippen LogP contribution in [0, 0.1) is 0 Å². The van der Waals surface area contributed by atoms with Gasteiger partial charge in [0.1, 0.15) is 13.2 Å². The molecule has 3 aromatic rings. The molecule has 2 unspecified atom stereocenters. The number of benzene rings is 3. The molecule has 2 amide bonds. The van der Waals surface area contributed by atoms with E-state index in [1.54, 1.807) is 17.0 Å². The maximum atomic E-state index is 14.5. The van der Waals surface area contributed by atoms with Crippen molar-refractivity contribution in [2.24, 2.45) is 0 Å². The standard InChI is InChI=1S/C36H38N2O9/c1-4-15-45-36(41)38-28-21-31(46-22-24-11-9-10-23(17-24)18-32(39)43-3)30(42-2)20-26(28)34(40)37-27-13-6-5-12-25(27)19-29(37)35(38)47-33-14-7-8-16-44-33/h4-6,9-13,17,20-21,29,33,35H,1,7-8,14-16,18-19,22H2,2-3H3/t29-,33?,35?/m0/s1. The van der Waals surface area contributed by atoms with E-state index in [1.165, 1.54) is 25.2 Å². The summed E-state index contributed by atoms with van der Waals surface area (Å²) in [4.78, 5) is 43.4. The molecule has 0 N–H and O–H groups in total. The van der Waals surface area contributed by atoms with Crippen molar-refractivity contribution in [2.75, 3.05) is 37.2 Å². The third kappa shape index (κ3) is 6.68. The number of esters is 1. The number of rotatable bonds is 10. The predicted octanol–water partition coefficient (Wildman–Crippen LogP) is 5.57. The van der Waals surface area contributed by atoms with Crippen LogP contribution in [0.5, 0.6) is 11.5 Å². The van der Waals surface area contributed by atoms with E-state index < -0.39 is 24.7 Å². The number of hydrogen-bond donors (Lipinski definition) is 0. The first kappa shape index (κ1) is 32.1. The second kappa shape index (κ2) is 14.3. The normalized spacial score (nSPS) is 20.0. The molecule has 3 heterocycles. The number of carbonyl (C=O) groups is 3. The van der Waals surface area contributed by atoms with Crippen LogP contribution < -0.4 is 19.3 Å². The van der Waals surface area contributed by atoms with Crippen LogP contribution in [0.1, 0.15) is 46.3 Å². The molecule has 3 atom stereocenters. The summed E-state index contributed by atoms with van der Waals surface area (Å²) in [6.07, 6.45) is 2.33. The van der Waals surface area contributed by atoms with E-state index in [0.29, 0.717) is 30.9 Å². The molecular formula is C36H38N2O9. The maximum Gasteiger partial charge on any atom is 0.416 e. The summed E-state index contributed by atoms with van der Waals surface area (Å²) < 4.78 is 35.0. The Labute approximate surface area is 273 Å². The number of methoxy groups -OCH3 is 2. The summed E-state index contributed by atoms with van der Waals surface area (Å²) in [7, 11) is 2.84. The van der Waals surface area contributed by atoms with Crippen molar-refractivity contribution in [1.82, 2.24) is 0 Å². The van der Waals surface area contributed by atoms with Crippen LogP contribution >= 0.6 is 0 Å². The molecule has 3 aliphatic heterocycles. The number of amides is 2. The van der Waals surface area contributed by atoms with Crippen molar-refractivity contribution in [2.45, 2.75) is 57.3 Å². The van der Waals surface area contributed by atoms with Crippen LogP contribution in [0.3, 0.4) is 0 Å². The van der Waals surface area contributed by atoms with Gasteiger partial charge >= 0.3 is 12.1 Å². The average molecular weight is 643 g/mol. The lowest BCUT2D eigenvalue weighted by molar-refractivity contribution is -0.190. The van der Waals surface area contributed by atoms with E-state index in [4.69, 9.17) is 28.4 Å². The number of anilines is 2. The highest BCUT2D eigenvalue weighted by atomic mass is 16.7. The molecule has 246 valence electrons. The number of carbonyl (C=O) groups excluding carboxylic acids is 3. The summed E-state index contributed by atoms with van der Waals surface area (Å²) in [5, 5.41) is 0. The molecule has 6 rings (SSSR count). The molecule has 1 saturated heterocycles. The summed E-state index contributed by atoms with van der Waals surface area (Å²) in [5.74, 6) is -0.0510. The van der Waals surface area contributed by atoms with Gasteiger partial charge in [-0.1, -0.05) is 55.1 Å². The van der Waals surface area contributed by atoms with E-state index in [2.05, 4.69) is 6.58 Å². The van der Waals surface area contributed by atoms with Crippen molar-refractivity contribution < 1.29 is 42.8 Å². The van der Waals surface area contributed by atoms with Gasteiger partial charge in [0, 0.05) is 18.4 Å². The Morgan fingerprint density at radius 1 is 1.00 bits per heavy atom. The Kier molecular flexibility index (Phi) is 9.74. The van der Waals surface area contributed by atoms with Crippen molar-refractivity contribution in [1.29, 1.82) is 0 Å². The van der Waals surface area contributed by atoms with E-state index in [1.807, 2.05) is 48.5 Å². The Bertz CT molecular complexity index is 1650. The minimum Gasteiger partial charge on any atom is -0.493 e. The lowest BCUT2D eigenvalue weighted by Crippen LogP contribution is -2.55. The molecule has 11 heteroatoms. The highest BCUT2D eigenvalue weighted by Crippen LogP contribution is 2.45. The molecule has 11 nitrogen and oxygen atoms in total. The topological polar surface area (TPSA) is 113 Å². The van der Waals surface area contributed by atoms with Gasteiger partial charge in [-0.2, -0.15) is 0 Å². The van der Waals surface area contributed by atoms with Crippen LogP contribution in [0.15, 0.2) is 73.3 Å². The molecule has 47 heavy (non-hydrogen) atoms. The van der Waals surface area contributed by atoms with Crippen LogP contribution in [0.25, 0.3) is 0 Å². The van der Waals surface area contributed by atoms with Gasteiger partial charge in [0.25, 0.3) is 5.91 Å². The van der Waals surface area contributed by atoms with Gasteiger partial charge in [-0.25, -0.2) is 9.69 Å². The van der Waals surface area contributed by atoms with Gasteiger partial charge in [-0.3, -0.25) is 9.59 Å². The van der Waals surface area contributed by atoms with Gasteiger partial charge in [-0.05, 0) is 54.5 Å². The monoisotopic (exact) mass is 642 g/mol. The zero-order valence-corrected chi connectivity index (χ0v) is 26.5. The maximum absolute atomic E-state index is 14.5. The van der Waals surface area contributed by atoms with E-state index in [9.17, 15) is 14.4 Å². The molecule has 3 aliphatic rings.